The molecule has 0 bridgehead atoms. The summed E-state index contributed by atoms with van der Waals surface area (Å²) in [5, 5.41) is 3.72. The Balaban J connectivity index is 1.72. The number of aryl methyl sites for hydroxylation is 2. The van der Waals surface area contributed by atoms with Crippen LogP contribution in [0.25, 0.3) is 5.65 Å². The van der Waals surface area contributed by atoms with Crippen LogP contribution in [0.3, 0.4) is 0 Å². The van der Waals surface area contributed by atoms with Crippen molar-refractivity contribution in [3.05, 3.63) is 65.1 Å². The van der Waals surface area contributed by atoms with Crippen LogP contribution < -0.4 is 5.32 Å². The molecule has 5 rings (SSSR count). The molecule has 5 heteroatoms. The second-order valence-corrected chi connectivity index (χ2v) is 7.68. The van der Waals surface area contributed by atoms with E-state index in [9.17, 15) is 0 Å². The van der Waals surface area contributed by atoms with E-state index in [1.165, 1.54) is 5.56 Å². The first kappa shape index (κ1) is 15.9. The lowest BCUT2D eigenvalue weighted by Crippen LogP contribution is -2.35. The molecule has 3 atom stereocenters. The van der Waals surface area contributed by atoms with Crippen LogP contribution in [0.2, 0.25) is 0 Å². The molecule has 1 fully saturated rings. The van der Waals surface area contributed by atoms with E-state index in [0.29, 0.717) is 0 Å². The molecule has 1 N–H and O–H groups in total. The summed E-state index contributed by atoms with van der Waals surface area (Å²) in [6, 6.07) is 12.6. The molecule has 26 heavy (non-hydrogen) atoms. The van der Waals surface area contributed by atoms with Crippen LogP contribution in [0.5, 0.6) is 0 Å². The summed E-state index contributed by atoms with van der Waals surface area (Å²) in [5.74, 6) is -0.612. The van der Waals surface area contributed by atoms with Crippen molar-refractivity contribution in [3.63, 3.8) is 0 Å². The minimum Gasteiger partial charge on any atom is -0.372 e. The number of hydrogen-bond acceptors (Lipinski definition) is 4. The third-order valence-corrected chi connectivity index (χ3v) is 5.52. The van der Waals surface area contributed by atoms with Gasteiger partial charge >= 0.3 is 0 Å². The third-order valence-electron chi connectivity index (χ3n) is 5.52. The number of anilines is 1. The molecular formula is C21H23N3O2. The SMILES string of the molecule is Cc1nc2c3c(ccn2c1C)C1OC(C)(C)OC1C(c1ccccc1)N3. The van der Waals surface area contributed by atoms with Gasteiger partial charge < -0.3 is 19.2 Å². The molecule has 0 spiro atoms. The van der Waals surface area contributed by atoms with Crippen molar-refractivity contribution in [2.24, 2.45) is 0 Å². The molecule has 4 heterocycles. The summed E-state index contributed by atoms with van der Waals surface area (Å²) in [6.45, 7) is 8.11. The zero-order valence-electron chi connectivity index (χ0n) is 15.5. The van der Waals surface area contributed by atoms with Gasteiger partial charge in [0.1, 0.15) is 12.2 Å². The fourth-order valence-electron chi connectivity index (χ4n) is 4.18. The number of fused-ring (bicyclic) bond motifs is 5. The van der Waals surface area contributed by atoms with Crippen LogP contribution in [0.1, 0.15) is 48.5 Å². The Morgan fingerprint density at radius 2 is 1.85 bits per heavy atom. The first-order valence-corrected chi connectivity index (χ1v) is 9.10. The summed E-state index contributed by atoms with van der Waals surface area (Å²) in [4.78, 5) is 4.81. The summed E-state index contributed by atoms with van der Waals surface area (Å²) in [5.41, 5.74) is 6.50. The highest BCUT2D eigenvalue weighted by atomic mass is 16.8. The van der Waals surface area contributed by atoms with Gasteiger partial charge in [0.2, 0.25) is 0 Å². The number of nitrogens with zero attached hydrogens (tertiary/aromatic N) is 2. The Bertz CT molecular complexity index is 993. The zero-order valence-corrected chi connectivity index (χ0v) is 15.5. The number of ether oxygens (including phenoxy) is 2. The minimum absolute atomic E-state index is 0.0130. The molecule has 0 aliphatic carbocycles. The number of hydrogen-bond donors (Lipinski definition) is 1. The zero-order chi connectivity index (χ0) is 18.1. The second-order valence-electron chi connectivity index (χ2n) is 7.68. The predicted octanol–water partition coefficient (Wildman–Crippen LogP) is 4.31. The van der Waals surface area contributed by atoms with Gasteiger partial charge in [-0.15, -0.1) is 0 Å². The van der Waals surface area contributed by atoms with Gasteiger partial charge in [-0.1, -0.05) is 30.3 Å². The van der Waals surface area contributed by atoms with Crippen LogP contribution in [-0.2, 0) is 9.47 Å². The maximum atomic E-state index is 6.32. The molecular weight excluding hydrogens is 326 g/mol. The van der Waals surface area contributed by atoms with Crippen molar-refractivity contribution >= 4 is 11.3 Å². The topological polar surface area (TPSA) is 47.8 Å². The number of aromatic nitrogens is 2. The molecule has 0 amide bonds. The Morgan fingerprint density at radius 1 is 1.08 bits per heavy atom. The molecule has 2 aliphatic rings. The van der Waals surface area contributed by atoms with Crippen LogP contribution in [0.15, 0.2) is 42.6 Å². The van der Waals surface area contributed by atoms with E-state index >= 15 is 0 Å². The van der Waals surface area contributed by atoms with Crippen molar-refractivity contribution in [1.82, 2.24) is 9.38 Å². The summed E-state index contributed by atoms with van der Waals surface area (Å²) in [7, 11) is 0. The van der Waals surface area contributed by atoms with Crippen molar-refractivity contribution < 1.29 is 9.47 Å². The summed E-state index contributed by atoms with van der Waals surface area (Å²) >= 11 is 0. The Hall–Kier alpha value is -2.37. The molecule has 3 unspecified atom stereocenters. The average molecular weight is 349 g/mol. The maximum absolute atomic E-state index is 6.32. The molecule has 0 saturated carbocycles. The van der Waals surface area contributed by atoms with Crippen molar-refractivity contribution in [2.45, 2.75) is 51.7 Å². The predicted molar refractivity (Wildman–Crippen MR) is 100 cm³/mol. The number of imidazole rings is 1. The second kappa shape index (κ2) is 5.32. The fraction of sp³-hybridized carbons (Fsp3) is 0.381. The lowest BCUT2D eigenvalue weighted by atomic mass is 9.89. The van der Waals surface area contributed by atoms with Gasteiger partial charge in [0.05, 0.1) is 17.4 Å². The van der Waals surface area contributed by atoms with Crippen LogP contribution in [0, 0.1) is 13.8 Å². The van der Waals surface area contributed by atoms with E-state index in [2.05, 4.69) is 53.2 Å². The Labute approximate surface area is 153 Å². The highest BCUT2D eigenvalue weighted by Crippen LogP contribution is 2.50. The number of benzene rings is 1. The molecule has 3 aromatic rings. The van der Waals surface area contributed by atoms with Gasteiger partial charge in [-0.25, -0.2) is 4.98 Å². The summed E-state index contributed by atoms with van der Waals surface area (Å²) in [6.07, 6.45) is 1.88. The average Bonchev–Trinajstić information content (AvgIpc) is 3.10. The van der Waals surface area contributed by atoms with Crippen LogP contribution in [-0.4, -0.2) is 21.3 Å². The molecule has 2 aliphatic heterocycles. The fourth-order valence-corrected chi connectivity index (χ4v) is 4.18. The van der Waals surface area contributed by atoms with Crippen molar-refractivity contribution in [2.75, 3.05) is 5.32 Å². The van der Waals surface area contributed by atoms with Gasteiger partial charge in [0, 0.05) is 17.5 Å². The highest BCUT2D eigenvalue weighted by molar-refractivity contribution is 5.75. The van der Waals surface area contributed by atoms with Gasteiger partial charge in [0.15, 0.2) is 11.4 Å². The largest absolute Gasteiger partial charge is 0.372 e. The van der Waals surface area contributed by atoms with Gasteiger partial charge in [-0.05, 0) is 39.3 Å². The normalized spacial score (nSPS) is 26.4. The first-order chi connectivity index (χ1) is 12.4. The monoisotopic (exact) mass is 349 g/mol. The number of pyridine rings is 1. The molecule has 2 aromatic heterocycles. The molecule has 0 radical (unpaired) electrons. The molecule has 1 aromatic carbocycles. The lowest BCUT2D eigenvalue weighted by molar-refractivity contribution is -0.147. The van der Waals surface area contributed by atoms with Crippen LogP contribution >= 0.6 is 0 Å². The lowest BCUT2D eigenvalue weighted by Gasteiger charge is -2.35. The highest BCUT2D eigenvalue weighted by Gasteiger charge is 2.50. The van der Waals surface area contributed by atoms with E-state index in [-0.39, 0.29) is 18.2 Å². The van der Waals surface area contributed by atoms with Crippen molar-refractivity contribution in [3.8, 4) is 0 Å². The smallest absolute Gasteiger partial charge is 0.164 e. The van der Waals surface area contributed by atoms with E-state index in [0.717, 1.165) is 28.3 Å². The Morgan fingerprint density at radius 3 is 2.62 bits per heavy atom. The summed E-state index contributed by atoms with van der Waals surface area (Å²) < 4.78 is 14.8. The first-order valence-electron chi connectivity index (χ1n) is 9.10. The quantitative estimate of drug-likeness (QED) is 0.711. The van der Waals surface area contributed by atoms with Crippen molar-refractivity contribution in [1.29, 1.82) is 0 Å². The van der Waals surface area contributed by atoms with Gasteiger partial charge in [-0.2, -0.15) is 0 Å². The van der Waals surface area contributed by atoms with E-state index in [1.807, 2.05) is 26.8 Å². The standard InChI is InChI=1S/C21H23N3O2/c1-12-13(2)24-11-10-15-17(20(24)22-12)23-16(14-8-6-5-7-9-14)19-18(15)25-21(3,4)26-19/h5-11,16,18-19,23H,1-4H3. The van der Waals surface area contributed by atoms with E-state index in [4.69, 9.17) is 14.5 Å². The molecule has 5 nitrogen and oxygen atoms in total. The molecule has 1 saturated heterocycles. The van der Waals surface area contributed by atoms with Crippen LogP contribution in [0.4, 0.5) is 5.69 Å². The maximum Gasteiger partial charge on any atom is 0.164 e. The van der Waals surface area contributed by atoms with Gasteiger partial charge in [-0.3, -0.25) is 0 Å². The molecule has 134 valence electrons. The van der Waals surface area contributed by atoms with E-state index < -0.39 is 5.79 Å². The third kappa shape index (κ3) is 2.20. The van der Waals surface area contributed by atoms with Gasteiger partial charge in [0.25, 0.3) is 0 Å². The van der Waals surface area contributed by atoms with E-state index in [1.54, 1.807) is 0 Å². The minimum atomic E-state index is -0.612. The Kier molecular flexibility index (Phi) is 3.24. The number of rotatable bonds is 1. The number of nitrogens with one attached hydrogen (secondary N) is 1.